The number of nitrogens with zero attached hydrogens (tertiary/aromatic N) is 1. The summed E-state index contributed by atoms with van der Waals surface area (Å²) in [6.07, 6.45) is 5.23. The van der Waals surface area contributed by atoms with E-state index in [9.17, 15) is 0 Å². The molecule has 0 aliphatic heterocycles. The molecule has 2 rings (SSSR count). The summed E-state index contributed by atoms with van der Waals surface area (Å²) in [7, 11) is 0. The molecule has 0 aromatic heterocycles. The average molecular weight is 179 g/mol. The molecular weight excluding hydrogens is 162 g/mol. The van der Waals surface area contributed by atoms with E-state index in [0.29, 0.717) is 5.92 Å². The van der Waals surface area contributed by atoms with Gasteiger partial charge >= 0.3 is 0 Å². The van der Waals surface area contributed by atoms with Crippen molar-refractivity contribution in [3.63, 3.8) is 0 Å². The summed E-state index contributed by atoms with van der Waals surface area (Å²) < 4.78 is 0. The lowest BCUT2D eigenvalue weighted by Crippen LogP contribution is -2.35. The van der Waals surface area contributed by atoms with Gasteiger partial charge in [-0.2, -0.15) is 0 Å². The summed E-state index contributed by atoms with van der Waals surface area (Å²) in [6.45, 7) is 8.61. The lowest BCUT2D eigenvalue weighted by molar-refractivity contribution is 0.215. The highest BCUT2D eigenvalue weighted by Crippen LogP contribution is 2.65. The highest BCUT2D eigenvalue weighted by molar-refractivity contribution is 5.70. The minimum atomic E-state index is 0.0868. The van der Waals surface area contributed by atoms with Crippen LogP contribution in [0.1, 0.15) is 33.1 Å². The van der Waals surface area contributed by atoms with Crippen LogP contribution in [0.2, 0.25) is 0 Å². The average Bonchev–Trinajstić information content (AvgIpc) is 2.54. The molecule has 2 heteroatoms. The molecule has 0 radical (unpaired) electrons. The first-order chi connectivity index (χ1) is 6.03. The van der Waals surface area contributed by atoms with Crippen LogP contribution in [0.3, 0.4) is 0 Å². The first kappa shape index (κ1) is 8.79. The summed E-state index contributed by atoms with van der Waals surface area (Å²) in [4.78, 5) is 0. The molecule has 2 unspecified atom stereocenters. The lowest BCUT2D eigenvalue weighted by Gasteiger charge is -2.40. The second kappa shape index (κ2) is 2.37. The fourth-order valence-corrected chi connectivity index (χ4v) is 3.16. The van der Waals surface area contributed by atoms with E-state index in [2.05, 4.69) is 25.6 Å². The van der Waals surface area contributed by atoms with Gasteiger partial charge in [-0.05, 0) is 30.6 Å². The van der Waals surface area contributed by atoms with Crippen molar-refractivity contribution >= 4 is 6.21 Å². The zero-order valence-corrected chi connectivity index (χ0v) is 8.38. The molecule has 2 aliphatic carbocycles. The Labute approximate surface area is 79.3 Å². The topological polar surface area (TPSA) is 32.6 Å². The van der Waals surface area contributed by atoms with Gasteiger partial charge in [-0.1, -0.05) is 26.0 Å². The predicted molar refractivity (Wildman–Crippen MR) is 53.0 cm³/mol. The second-order valence-corrected chi connectivity index (χ2v) is 4.99. The van der Waals surface area contributed by atoms with Crippen molar-refractivity contribution in [3.8, 4) is 0 Å². The first-order valence-corrected chi connectivity index (χ1v) is 4.91. The van der Waals surface area contributed by atoms with Crippen LogP contribution in [-0.2, 0) is 0 Å². The zero-order chi connectivity index (χ0) is 9.69. The van der Waals surface area contributed by atoms with Gasteiger partial charge in [-0.25, -0.2) is 0 Å². The summed E-state index contributed by atoms with van der Waals surface area (Å²) in [5.74, 6) is 0.660. The summed E-state index contributed by atoms with van der Waals surface area (Å²) in [5.41, 5.74) is 1.55. The molecule has 1 N–H and O–H groups in total. The molecular formula is C11H17NO. The summed E-state index contributed by atoms with van der Waals surface area (Å²) >= 11 is 0. The molecule has 0 amide bonds. The quantitative estimate of drug-likeness (QED) is 0.285. The van der Waals surface area contributed by atoms with Crippen LogP contribution < -0.4 is 0 Å². The maximum Gasteiger partial charge on any atom is 0.0506 e. The Kier molecular flexibility index (Phi) is 1.60. The van der Waals surface area contributed by atoms with E-state index < -0.39 is 0 Å². The van der Waals surface area contributed by atoms with Crippen LogP contribution in [0.5, 0.6) is 0 Å². The number of hydrogen-bond donors (Lipinski definition) is 1. The minimum Gasteiger partial charge on any atom is -0.411 e. The van der Waals surface area contributed by atoms with Gasteiger partial charge in [0.2, 0.25) is 0 Å². The monoisotopic (exact) mass is 179 g/mol. The Hall–Kier alpha value is -0.790. The Morgan fingerprint density at radius 2 is 2.31 bits per heavy atom. The molecule has 2 aliphatic rings. The van der Waals surface area contributed by atoms with E-state index in [-0.39, 0.29) is 10.8 Å². The maximum absolute atomic E-state index is 8.70. The van der Waals surface area contributed by atoms with Gasteiger partial charge in [0, 0.05) is 5.41 Å². The third-order valence-electron chi connectivity index (χ3n) is 4.39. The fourth-order valence-electron chi connectivity index (χ4n) is 3.16. The molecule has 0 aromatic rings. The summed E-state index contributed by atoms with van der Waals surface area (Å²) in [5, 5.41) is 12.0. The molecule has 2 atom stereocenters. The van der Waals surface area contributed by atoms with Crippen molar-refractivity contribution in [3.05, 3.63) is 12.2 Å². The predicted octanol–water partition coefficient (Wildman–Crippen LogP) is 2.83. The molecule has 0 spiro atoms. The Bertz CT molecular complexity index is 280. The van der Waals surface area contributed by atoms with E-state index >= 15 is 0 Å². The normalized spacial score (nSPS) is 42.0. The van der Waals surface area contributed by atoms with Gasteiger partial charge in [-0.15, -0.1) is 5.16 Å². The largest absolute Gasteiger partial charge is 0.411 e. The highest BCUT2D eigenvalue weighted by atomic mass is 16.4. The van der Waals surface area contributed by atoms with E-state index in [1.165, 1.54) is 12.0 Å². The van der Waals surface area contributed by atoms with Gasteiger partial charge < -0.3 is 5.21 Å². The fraction of sp³-hybridized carbons (Fsp3) is 0.727. The number of oxime groups is 1. The van der Waals surface area contributed by atoms with Crippen molar-refractivity contribution in [1.82, 2.24) is 0 Å². The number of allylic oxidation sites excluding steroid dienone is 1. The molecule has 2 bridgehead atoms. The Morgan fingerprint density at radius 3 is 2.77 bits per heavy atom. The van der Waals surface area contributed by atoms with Crippen LogP contribution in [0, 0.1) is 16.7 Å². The van der Waals surface area contributed by atoms with Crippen molar-refractivity contribution in [2.45, 2.75) is 33.1 Å². The van der Waals surface area contributed by atoms with Crippen LogP contribution in [0.25, 0.3) is 0 Å². The van der Waals surface area contributed by atoms with Crippen molar-refractivity contribution in [2.24, 2.45) is 21.9 Å². The molecule has 2 nitrogen and oxygen atoms in total. The first-order valence-electron chi connectivity index (χ1n) is 4.91. The lowest BCUT2D eigenvalue weighted by atomic mass is 9.64. The smallest absolute Gasteiger partial charge is 0.0506 e. The van der Waals surface area contributed by atoms with Crippen molar-refractivity contribution in [2.75, 3.05) is 0 Å². The highest BCUT2D eigenvalue weighted by Gasteiger charge is 2.58. The van der Waals surface area contributed by atoms with Crippen LogP contribution in [0.15, 0.2) is 17.3 Å². The maximum atomic E-state index is 8.70. The number of fused-ring (bicyclic) bond motifs is 2. The Balaban J connectivity index is 2.44. The number of hydrogen-bond acceptors (Lipinski definition) is 2. The standard InChI is InChI=1S/C11H17NO/c1-8-9-4-5-11(6-9,7-12-13)10(8,2)3/h7,9,13H,1,4-6H2,2-3H3. The molecule has 2 saturated carbocycles. The Morgan fingerprint density at radius 1 is 1.62 bits per heavy atom. The van der Waals surface area contributed by atoms with Gasteiger partial charge in [-0.3, -0.25) is 0 Å². The third-order valence-corrected chi connectivity index (χ3v) is 4.39. The molecule has 13 heavy (non-hydrogen) atoms. The van der Waals surface area contributed by atoms with E-state index in [0.717, 1.165) is 12.8 Å². The van der Waals surface area contributed by atoms with Crippen LogP contribution in [0.4, 0.5) is 0 Å². The van der Waals surface area contributed by atoms with Gasteiger partial charge in [0.25, 0.3) is 0 Å². The van der Waals surface area contributed by atoms with E-state index in [1.807, 2.05) is 0 Å². The van der Waals surface area contributed by atoms with E-state index in [1.54, 1.807) is 6.21 Å². The van der Waals surface area contributed by atoms with E-state index in [4.69, 9.17) is 5.21 Å². The van der Waals surface area contributed by atoms with Crippen molar-refractivity contribution < 1.29 is 5.21 Å². The third kappa shape index (κ3) is 0.862. The van der Waals surface area contributed by atoms with Crippen molar-refractivity contribution in [1.29, 1.82) is 0 Å². The summed E-state index contributed by atoms with van der Waals surface area (Å²) in [6, 6.07) is 0. The second-order valence-electron chi connectivity index (χ2n) is 4.99. The van der Waals surface area contributed by atoms with Crippen LogP contribution >= 0.6 is 0 Å². The molecule has 2 fully saturated rings. The molecule has 72 valence electrons. The van der Waals surface area contributed by atoms with Crippen LogP contribution in [-0.4, -0.2) is 11.4 Å². The van der Waals surface area contributed by atoms with Gasteiger partial charge in [0.05, 0.1) is 6.21 Å². The zero-order valence-electron chi connectivity index (χ0n) is 8.38. The number of rotatable bonds is 1. The molecule has 0 aromatic carbocycles. The molecule has 0 heterocycles. The molecule has 0 saturated heterocycles. The van der Waals surface area contributed by atoms with Gasteiger partial charge in [0.15, 0.2) is 0 Å². The SMILES string of the molecule is C=C1C2CCC(C=NO)(C2)C1(C)C. The minimum absolute atomic E-state index is 0.0868. The van der Waals surface area contributed by atoms with Gasteiger partial charge in [0.1, 0.15) is 0 Å².